The van der Waals surface area contributed by atoms with Crippen molar-refractivity contribution in [3.8, 4) is 5.75 Å². The molecular weight excluding hydrogens is 344 g/mol. The first-order valence-corrected chi connectivity index (χ1v) is 9.05. The van der Waals surface area contributed by atoms with Gasteiger partial charge in [-0.15, -0.1) is 0 Å². The highest BCUT2D eigenvalue weighted by molar-refractivity contribution is 7.80. The number of benzene rings is 1. The van der Waals surface area contributed by atoms with E-state index in [1.807, 2.05) is 37.5 Å². The predicted octanol–water partition coefficient (Wildman–Crippen LogP) is 3.43. The van der Waals surface area contributed by atoms with E-state index in [2.05, 4.69) is 39.2 Å². The summed E-state index contributed by atoms with van der Waals surface area (Å²) >= 11 is 5.50. The van der Waals surface area contributed by atoms with Crippen LogP contribution < -0.4 is 10.1 Å². The highest BCUT2D eigenvalue weighted by atomic mass is 32.1. The van der Waals surface area contributed by atoms with E-state index >= 15 is 0 Å². The number of nitrogens with zero attached hydrogens (tertiary/aromatic N) is 2. The molecule has 0 unspecified atom stereocenters. The molecule has 136 valence electrons. The summed E-state index contributed by atoms with van der Waals surface area (Å²) in [4.78, 5) is 10.0. The van der Waals surface area contributed by atoms with Crippen LogP contribution in [0.1, 0.15) is 17.0 Å². The van der Waals surface area contributed by atoms with Crippen molar-refractivity contribution in [1.29, 1.82) is 0 Å². The van der Waals surface area contributed by atoms with Gasteiger partial charge in [0.25, 0.3) is 0 Å². The Morgan fingerprint density at radius 1 is 1.31 bits per heavy atom. The maximum Gasteiger partial charge on any atom is 0.169 e. The third-order valence-corrected chi connectivity index (χ3v) is 5.00. The Hall–Kier alpha value is -2.60. The highest BCUT2D eigenvalue weighted by Crippen LogP contribution is 2.27. The third-order valence-electron chi connectivity index (χ3n) is 4.54. The average Bonchev–Trinajstić information content (AvgIpc) is 2.99. The Morgan fingerprint density at radius 3 is 2.85 bits per heavy atom. The lowest BCUT2D eigenvalue weighted by atomic mass is 10.1. The molecule has 1 aromatic carbocycles. The molecule has 0 atom stereocenters. The second-order valence-corrected chi connectivity index (χ2v) is 6.57. The Balaban J connectivity index is 1.81. The fraction of sp³-hybridized carbons (Fsp3) is 0.300. The number of hydrogen-bond donors (Lipinski definition) is 2. The normalized spacial score (nSPS) is 10.7. The van der Waals surface area contributed by atoms with Gasteiger partial charge in [-0.3, -0.25) is 4.98 Å². The first kappa shape index (κ1) is 18.2. The third kappa shape index (κ3) is 3.96. The zero-order valence-electron chi connectivity index (χ0n) is 15.4. The SMILES string of the molecule is CNC(=S)N(CCc1c(C)[nH]c2ccc(OC)cc12)Cc1ccccn1. The first-order valence-electron chi connectivity index (χ1n) is 8.64. The molecule has 0 spiro atoms. The number of aromatic amines is 1. The number of fused-ring (bicyclic) bond motifs is 1. The van der Waals surface area contributed by atoms with Crippen LogP contribution in [-0.2, 0) is 13.0 Å². The monoisotopic (exact) mass is 368 g/mol. The average molecular weight is 369 g/mol. The number of pyridine rings is 1. The minimum Gasteiger partial charge on any atom is -0.497 e. The minimum absolute atomic E-state index is 0.686. The zero-order chi connectivity index (χ0) is 18.5. The lowest BCUT2D eigenvalue weighted by Gasteiger charge is -2.24. The van der Waals surface area contributed by atoms with Crippen LogP contribution in [0.2, 0.25) is 0 Å². The summed E-state index contributed by atoms with van der Waals surface area (Å²) in [7, 11) is 3.55. The lowest BCUT2D eigenvalue weighted by Crippen LogP contribution is -2.38. The van der Waals surface area contributed by atoms with E-state index in [-0.39, 0.29) is 0 Å². The number of methoxy groups -OCH3 is 1. The van der Waals surface area contributed by atoms with Gasteiger partial charge < -0.3 is 19.9 Å². The number of H-pyrrole nitrogens is 1. The second-order valence-electron chi connectivity index (χ2n) is 6.19. The van der Waals surface area contributed by atoms with Crippen molar-refractivity contribution in [3.63, 3.8) is 0 Å². The molecule has 0 aliphatic carbocycles. The largest absolute Gasteiger partial charge is 0.497 e. The maximum absolute atomic E-state index is 5.50. The fourth-order valence-electron chi connectivity index (χ4n) is 3.16. The molecular formula is C20H24N4OS. The number of rotatable bonds is 6. The van der Waals surface area contributed by atoms with Gasteiger partial charge in [0, 0.05) is 36.4 Å². The van der Waals surface area contributed by atoms with E-state index in [9.17, 15) is 0 Å². The highest BCUT2D eigenvalue weighted by Gasteiger charge is 2.14. The van der Waals surface area contributed by atoms with Crippen LogP contribution >= 0.6 is 12.2 Å². The van der Waals surface area contributed by atoms with Crippen molar-refractivity contribution < 1.29 is 4.74 Å². The molecule has 0 radical (unpaired) electrons. The Bertz CT molecular complexity index is 891. The molecule has 2 heterocycles. The van der Waals surface area contributed by atoms with Crippen LogP contribution in [0.5, 0.6) is 5.75 Å². The number of aryl methyl sites for hydroxylation is 1. The van der Waals surface area contributed by atoms with E-state index < -0.39 is 0 Å². The van der Waals surface area contributed by atoms with Crippen molar-refractivity contribution in [2.45, 2.75) is 19.9 Å². The van der Waals surface area contributed by atoms with Crippen LogP contribution in [0.25, 0.3) is 10.9 Å². The van der Waals surface area contributed by atoms with Crippen LogP contribution in [0.3, 0.4) is 0 Å². The van der Waals surface area contributed by atoms with Gasteiger partial charge in [-0.25, -0.2) is 0 Å². The minimum atomic E-state index is 0.686. The molecule has 0 saturated carbocycles. The molecule has 5 nitrogen and oxygen atoms in total. The quantitative estimate of drug-likeness (QED) is 0.653. The molecule has 3 aromatic rings. The number of aromatic nitrogens is 2. The van der Waals surface area contributed by atoms with Crippen LogP contribution in [0.15, 0.2) is 42.6 Å². The van der Waals surface area contributed by atoms with E-state index in [0.717, 1.165) is 35.0 Å². The van der Waals surface area contributed by atoms with Gasteiger partial charge in [-0.1, -0.05) is 6.07 Å². The molecule has 0 aliphatic rings. The first-order chi connectivity index (χ1) is 12.6. The van der Waals surface area contributed by atoms with Crippen molar-refractivity contribution in [1.82, 2.24) is 20.2 Å². The van der Waals surface area contributed by atoms with Crippen LogP contribution in [0, 0.1) is 6.92 Å². The molecule has 0 amide bonds. The zero-order valence-corrected chi connectivity index (χ0v) is 16.2. The fourth-order valence-corrected chi connectivity index (χ4v) is 3.31. The summed E-state index contributed by atoms with van der Waals surface area (Å²) in [6.07, 6.45) is 2.69. The van der Waals surface area contributed by atoms with Crippen molar-refractivity contribution in [2.24, 2.45) is 0 Å². The molecule has 0 saturated heterocycles. The lowest BCUT2D eigenvalue weighted by molar-refractivity contribution is 0.407. The second kappa shape index (κ2) is 8.19. The summed E-state index contributed by atoms with van der Waals surface area (Å²) in [6.45, 7) is 3.60. The maximum atomic E-state index is 5.50. The molecule has 26 heavy (non-hydrogen) atoms. The molecule has 0 fully saturated rings. The topological polar surface area (TPSA) is 53.2 Å². The molecule has 0 bridgehead atoms. The van der Waals surface area contributed by atoms with Gasteiger partial charge >= 0.3 is 0 Å². The summed E-state index contributed by atoms with van der Waals surface area (Å²) in [5.41, 5.74) is 4.61. The molecule has 0 aliphatic heterocycles. The van der Waals surface area contributed by atoms with Crippen LogP contribution in [-0.4, -0.2) is 40.7 Å². The van der Waals surface area contributed by atoms with E-state index in [1.54, 1.807) is 7.11 Å². The number of nitrogens with one attached hydrogen (secondary N) is 2. The van der Waals surface area contributed by atoms with E-state index in [1.165, 1.54) is 16.6 Å². The Morgan fingerprint density at radius 2 is 2.15 bits per heavy atom. The smallest absolute Gasteiger partial charge is 0.169 e. The van der Waals surface area contributed by atoms with Gasteiger partial charge in [0.2, 0.25) is 0 Å². The predicted molar refractivity (Wildman–Crippen MR) is 110 cm³/mol. The van der Waals surface area contributed by atoms with Crippen molar-refractivity contribution in [3.05, 3.63) is 59.5 Å². The van der Waals surface area contributed by atoms with Gasteiger partial charge in [0.05, 0.1) is 19.3 Å². The van der Waals surface area contributed by atoms with Gasteiger partial charge in [-0.2, -0.15) is 0 Å². The number of ether oxygens (including phenoxy) is 1. The van der Waals surface area contributed by atoms with Gasteiger partial charge in [-0.05, 0) is 61.5 Å². The summed E-state index contributed by atoms with van der Waals surface area (Å²) < 4.78 is 5.38. The molecule has 2 N–H and O–H groups in total. The van der Waals surface area contributed by atoms with Crippen molar-refractivity contribution in [2.75, 3.05) is 20.7 Å². The summed E-state index contributed by atoms with van der Waals surface area (Å²) in [6, 6.07) is 12.1. The standard InChI is InChI=1S/C20H24N4OS/c1-14-17(18-12-16(25-3)7-8-19(18)23-14)9-11-24(20(26)21-2)13-15-6-4-5-10-22-15/h4-8,10,12,23H,9,11,13H2,1-3H3,(H,21,26). The van der Waals surface area contributed by atoms with Crippen molar-refractivity contribution >= 4 is 28.2 Å². The molecule has 3 rings (SSSR count). The van der Waals surface area contributed by atoms with Gasteiger partial charge in [0.1, 0.15) is 5.75 Å². The van der Waals surface area contributed by atoms with E-state index in [0.29, 0.717) is 6.54 Å². The van der Waals surface area contributed by atoms with E-state index in [4.69, 9.17) is 17.0 Å². The Kier molecular flexibility index (Phi) is 5.73. The number of thiocarbonyl (C=S) groups is 1. The molecule has 2 aromatic heterocycles. The summed E-state index contributed by atoms with van der Waals surface area (Å²) in [5.74, 6) is 0.869. The Labute approximate surface area is 159 Å². The molecule has 6 heteroatoms. The summed E-state index contributed by atoms with van der Waals surface area (Å²) in [5, 5.41) is 5.02. The van der Waals surface area contributed by atoms with Gasteiger partial charge in [0.15, 0.2) is 5.11 Å². The number of hydrogen-bond acceptors (Lipinski definition) is 3. The van der Waals surface area contributed by atoms with Crippen LogP contribution in [0.4, 0.5) is 0 Å².